The van der Waals surface area contributed by atoms with Crippen LogP contribution in [0.4, 0.5) is 0 Å². The summed E-state index contributed by atoms with van der Waals surface area (Å²) in [6.07, 6.45) is 3.26. The first kappa shape index (κ1) is 23.1. The Kier molecular flexibility index (Phi) is 8.43. The van der Waals surface area contributed by atoms with Gasteiger partial charge in [-0.05, 0) is 30.0 Å². The Balaban J connectivity index is 0.00000300. The molecule has 1 aliphatic rings. The van der Waals surface area contributed by atoms with Gasteiger partial charge >= 0.3 is 0 Å². The second-order valence-electron chi connectivity index (χ2n) is 7.51. The molecule has 3 rings (SSSR count). The number of carbonyl (C=O) groups is 1. The number of phenols is 1. The number of halogens is 1. The van der Waals surface area contributed by atoms with Crippen LogP contribution >= 0.6 is 0 Å². The summed E-state index contributed by atoms with van der Waals surface area (Å²) < 4.78 is 1.69. The molecule has 0 spiro atoms. The molecular formula is C20H30ClN6O2-. The molecule has 2 aromatic rings. The molecule has 1 fully saturated rings. The quantitative estimate of drug-likeness (QED) is 0.489. The van der Waals surface area contributed by atoms with Crippen molar-refractivity contribution in [1.29, 1.82) is 0 Å². The second-order valence-corrected chi connectivity index (χ2v) is 7.51. The van der Waals surface area contributed by atoms with E-state index in [2.05, 4.69) is 29.5 Å². The van der Waals surface area contributed by atoms with Crippen molar-refractivity contribution in [3.63, 3.8) is 0 Å². The third-order valence-electron chi connectivity index (χ3n) is 5.45. The van der Waals surface area contributed by atoms with Crippen molar-refractivity contribution < 1.29 is 22.3 Å². The van der Waals surface area contributed by atoms with Gasteiger partial charge in [-0.2, -0.15) is 0 Å². The first-order chi connectivity index (χ1) is 13.5. The molecule has 160 valence electrons. The highest BCUT2D eigenvalue weighted by Crippen LogP contribution is 2.25. The van der Waals surface area contributed by atoms with E-state index in [4.69, 9.17) is 5.73 Å². The Morgan fingerprint density at radius 1 is 1.28 bits per heavy atom. The molecule has 0 bridgehead atoms. The standard InChI is InChI=1S/C20H30N6O2.ClH/c1-3-14(2)19(20(28)25-10-8-22-9-11-25)26-13-18(23-24-26)17(21)12-15-4-6-16(27)7-5-15;/h4-7,13-14,17,19,22,27H,3,8-12,21H2,1-2H3;1H/p-1. The van der Waals surface area contributed by atoms with E-state index in [1.54, 1.807) is 16.8 Å². The van der Waals surface area contributed by atoms with Crippen molar-refractivity contribution in [3.8, 4) is 5.75 Å². The van der Waals surface area contributed by atoms with Gasteiger partial charge in [0.15, 0.2) is 0 Å². The molecular weight excluding hydrogens is 392 g/mol. The van der Waals surface area contributed by atoms with Crippen LogP contribution in [0, 0.1) is 5.92 Å². The predicted octanol–water partition coefficient (Wildman–Crippen LogP) is -1.75. The van der Waals surface area contributed by atoms with Gasteiger partial charge in [-0.3, -0.25) is 4.79 Å². The van der Waals surface area contributed by atoms with E-state index in [1.807, 2.05) is 23.2 Å². The highest BCUT2D eigenvalue weighted by atomic mass is 35.5. The molecule has 9 heteroatoms. The van der Waals surface area contributed by atoms with Gasteiger partial charge in [0.05, 0.1) is 17.9 Å². The van der Waals surface area contributed by atoms with Crippen LogP contribution in [-0.2, 0) is 11.2 Å². The molecule has 1 aromatic heterocycles. The third-order valence-corrected chi connectivity index (χ3v) is 5.45. The molecule has 1 amide bonds. The SMILES string of the molecule is CCC(C)C(C(=O)N1CCNCC1)n1cc(C(N)Cc2ccc(O)cc2)nn1.[Cl-]. The molecule has 0 radical (unpaired) electrons. The highest BCUT2D eigenvalue weighted by molar-refractivity contribution is 5.80. The van der Waals surface area contributed by atoms with Crippen LogP contribution in [0.5, 0.6) is 5.75 Å². The van der Waals surface area contributed by atoms with Crippen molar-refractivity contribution in [2.45, 2.75) is 38.8 Å². The first-order valence-electron chi connectivity index (χ1n) is 9.94. The van der Waals surface area contributed by atoms with Gasteiger partial charge in [-0.1, -0.05) is 37.6 Å². The number of piperazine rings is 1. The van der Waals surface area contributed by atoms with Gasteiger partial charge < -0.3 is 33.5 Å². The van der Waals surface area contributed by atoms with Crippen LogP contribution in [-0.4, -0.2) is 57.1 Å². The molecule has 29 heavy (non-hydrogen) atoms. The van der Waals surface area contributed by atoms with Crippen molar-refractivity contribution in [2.75, 3.05) is 26.2 Å². The maximum Gasteiger partial charge on any atom is 0.247 e. The number of nitrogens with zero attached hydrogens (tertiary/aromatic N) is 4. The van der Waals surface area contributed by atoms with Gasteiger partial charge in [0.1, 0.15) is 11.8 Å². The molecule has 4 N–H and O–H groups in total. The van der Waals surface area contributed by atoms with Crippen LogP contribution in [0.1, 0.15) is 43.6 Å². The summed E-state index contributed by atoms with van der Waals surface area (Å²) in [5.41, 5.74) is 8.00. The summed E-state index contributed by atoms with van der Waals surface area (Å²) in [6.45, 7) is 7.22. The highest BCUT2D eigenvalue weighted by Gasteiger charge is 2.32. The summed E-state index contributed by atoms with van der Waals surface area (Å²) in [6, 6.07) is 6.27. The van der Waals surface area contributed by atoms with Gasteiger partial charge in [-0.25, -0.2) is 4.68 Å². The number of amides is 1. The number of nitrogens with one attached hydrogen (secondary N) is 1. The molecule has 1 aromatic carbocycles. The summed E-state index contributed by atoms with van der Waals surface area (Å²) in [5, 5.41) is 21.2. The summed E-state index contributed by atoms with van der Waals surface area (Å²) in [4.78, 5) is 15.1. The molecule has 2 heterocycles. The first-order valence-corrected chi connectivity index (χ1v) is 9.94. The number of aromatic nitrogens is 3. The minimum Gasteiger partial charge on any atom is -1.00 e. The largest absolute Gasteiger partial charge is 1.00 e. The Hall–Kier alpha value is -2.16. The summed E-state index contributed by atoms with van der Waals surface area (Å²) >= 11 is 0. The van der Waals surface area contributed by atoms with Crippen molar-refractivity contribution in [1.82, 2.24) is 25.2 Å². The number of hydrogen-bond donors (Lipinski definition) is 3. The molecule has 3 unspecified atom stereocenters. The minimum atomic E-state index is -0.370. The number of hydrogen-bond acceptors (Lipinski definition) is 6. The van der Waals surface area contributed by atoms with Gasteiger partial charge in [0.2, 0.25) is 5.91 Å². The lowest BCUT2D eigenvalue weighted by atomic mass is 9.97. The lowest BCUT2D eigenvalue weighted by Gasteiger charge is -2.32. The molecule has 8 nitrogen and oxygen atoms in total. The van der Waals surface area contributed by atoms with E-state index in [9.17, 15) is 9.90 Å². The maximum atomic E-state index is 13.2. The van der Waals surface area contributed by atoms with E-state index in [1.165, 1.54) is 0 Å². The van der Waals surface area contributed by atoms with Crippen LogP contribution in [0.15, 0.2) is 30.5 Å². The zero-order valence-corrected chi connectivity index (χ0v) is 17.7. The zero-order chi connectivity index (χ0) is 20.1. The van der Waals surface area contributed by atoms with E-state index >= 15 is 0 Å². The topological polar surface area (TPSA) is 109 Å². The van der Waals surface area contributed by atoms with Gasteiger partial charge in [-0.15, -0.1) is 5.10 Å². The fourth-order valence-electron chi connectivity index (χ4n) is 3.50. The number of rotatable bonds is 7. The number of aromatic hydroxyl groups is 1. The fraction of sp³-hybridized carbons (Fsp3) is 0.550. The Morgan fingerprint density at radius 3 is 2.55 bits per heavy atom. The average molecular weight is 422 g/mol. The lowest BCUT2D eigenvalue weighted by Crippen LogP contribution is -3.00. The lowest BCUT2D eigenvalue weighted by molar-refractivity contribution is -0.137. The summed E-state index contributed by atoms with van der Waals surface area (Å²) in [7, 11) is 0. The predicted molar refractivity (Wildman–Crippen MR) is 107 cm³/mol. The van der Waals surface area contributed by atoms with E-state index in [0.717, 1.165) is 25.1 Å². The Bertz CT molecular complexity index is 776. The molecule has 3 atom stereocenters. The molecule has 0 aliphatic carbocycles. The Labute approximate surface area is 177 Å². The number of benzene rings is 1. The smallest absolute Gasteiger partial charge is 0.247 e. The van der Waals surface area contributed by atoms with Crippen molar-refractivity contribution in [2.24, 2.45) is 11.7 Å². The number of nitrogens with two attached hydrogens (primary N) is 1. The fourth-order valence-corrected chi connectivity index (χ4v) is 3.50. The normalized spacial score (nSPS) is 17.3. The maximum absolute atomic E-state index is 13.2. The molecule has 1 saturated heterocycles. The van der Waals surface area contributed by atoms with Crippen LogP contribution in [0.25, 0.3) is 0 Å². The van der Waals surface area contributed by atoms with Crippen LogP contribution in [0.3, 0.4) is 0 Å². The van der Waals surface area contributed by atoms with Crippen LogP contribution < -0.4 is 23.5 Å². The van der Waals surface area contributed by atoms with E-state index < -0.39 is 0 Å². The van der Waals surface area contributed by atoms with Gasteiger partial charge in [0, 0.05) is 26.2 Å². The Morgan fingerprint density at radius 2 is 1.93 bits per heavy atom. The van der Waals surface area contributed by atoms with Crippen molar-refractivity contribution in [3.05, 3.63) is 41.7 Å². The monoisotopic (exact) mass is 421 g/mol. The zero-order valence-electron chi connectivity index (χ0n) is 17.0. The van der Waals surface area contributed by atoms with Crippen LogP contribution in [0.2, 0.25) is 0 Å². The number of carbonyl (C=O) groups excluding carboxylic acids is 1. The van der Waals surface area contributed by atoms with Gasteiger partial charge in [0.25, 0.3) is 0 Å². The number of phenolic OH excluding ortho intramolecular Hbond substituents is 1. The summed E-state index contributed by atoms with van der Waals surface area (Å²) in [5.74, 6) is 0.468. The minimum absolute atomic E-state index is 0. The van der Waals surface area contributed by atoms with Crippen molar-refractivity contribution >= 4 is 5.91 Å². The molecule has 1 aliphatic heterocycles. The van der Waals surface area contributed by atoms with E-state index in [-0.39, 0.29) is 42.1 Å². The average Bonchev–Trinajstić information content (AvgIpc) is 3.20. The molecule has 0 saturated carbocycles. The second kappa shape index (κ2) is 10.6. The van der Waals surface area contributed by atoms with E-state index in [0.29, 0.717) is 25.2 Å². The third kappa shape index (κ3) is 5.68.